The fourth-order valence-corrected chi connectivity index (χ4v) is 6.88. The van der Waals surface area contributed by atoms with Crippen molar-refractivity contribution in [3.63, 3.8) is 0 Å². The van der Waals surface area contributed by atoms with Gasteiger partial charge in [0.15, 0.2) is 0 Å². The van der Waals surface area contributed by atoms with Crippen LogP contribution in [-0.2, 0) is 16.1 Å². The number of nitrogens with one attached hydrogen (secondary N) is 2. The van der Waals surface area contributed by atoms with Crippen LogP contribution in [0, 0.1) is 17.3 Å². The molecule has 24 heavy (non-hydrogen) atoms. The third-order valence-electron chi connectivity index (χ3n) is 5.92. The summed E-state index contributed by atoms with van der Waals surface area (Å²) in [6, 6.07) is 3.59. The standard InChI is InChI=1S/C18H23BrN2O3/c19-18-7-12-4-13(8-18)6-17(5-12,11-18)16(23)21-10-15(22)20-9-14-2-1-3-24-14/h1-3,12-13H,4-11H2,(H,20,22)(H,21,23). The molecule has 1 heterocycles. The molecule has 5 nitrogen and oxygen atoms in total. The molecule has 4 aliphatic rings. The van der Waals surface area contributed by atoms with E-state index in [9.17, 15) is 9.59 Å². The van der Waals surface area contributed by atoms with Crippen molar-refractivity contribution in [3.05, 3.63) is 24.2 Å². The summed E-state index contributed by atoms with van der Waals surface area (Å²) in [5.41, 5.74) is -0.269. The first-order valence-corrected chi connectivity index (χ1v) is 9.52. The Bertz CT molecular complexity index is 629. The molecule has 0 spiro atoms. The first-order chi connectivity index (χ1) is 11.5. The van der Waals surface area contributed by atoms with Crippen LogP contribution in [0.2, 0.25) is 0 Å². The molecule has 5 rings (SSSR count). The zero-order valence-electron chi connectivity index (χ0n) is 13.6. The molecule has 1 aromatic heterocycles. The Morgan fingerprint density at radius 3 is 2.58 bits per heavy atom. The molecule has 0 aromatic carbocycles. The van der Waals surface area contributed by atoms with E-state index in [4.69, 9.17) is 4.42 Å². The van der Waals surface area contributed by atoms with Gasteiger partial charge in [0.2, 0.25) is 11.8 Å². The van der Waals surface area contributed by atoms with Crippen LogP contribution in [0.25, 0.3) is 0 Å². The smallest absolute Gasteiger partial charge is 0.239 e. The summed E-state index contributed by atoms with van der Waals surface area (Å²) in [4.78, 5) is 24.8. The number of hydrogen-bond donors (Lipinski definition) is 2. The van der Waals surface area contributed by atoms with Gasteiger partial charge in [0.25, 0.3) is 0 Å². The Kier molecular flexibility index (Phi) is 3.98. The quantitative estimate of drug-likeness (QED) is 0.754. The maximum absolute atomic E-state index is 12.8. The number of carbonyl (C=O) groups is 2. The van der Waals surface area contributed by atoms with Crippen LogP contribution in [0.1, 0.15) is 44.3 Å². The molecule has 4 aliphatic carbocycles. The van der Waals surface area contributed by atoms with E-state index in [1.165, 1.54) is 19.3 Å². The Labute approximate surface area is 150 Å². The van der Waals surface area contributed by atoms with Crippen LogP contribution < -0.4 is 10.6 Å². The maximum atomic E-state index is 12.8. The summed E-state index contributed by atoms with van der Waals surface area (Å²) in [5, 5.41) is 5.65. The molecule has 0 aliphatic heterocycles. The van der Waals surface area contributed by atoms with Crippen molar-refractivity contribution in [1.29, 1.82) is 0 Å². The third kappa shape index (κ3) is 3.01. The third-order valence-corrected chi connectivity index (χ3v) is 6.85. The monoisotopic (exact) mass is 394 g/mol. The summed E-state index contributed by atoms with van der Waals surface area (Å²) in [7, 11) is 0. The molecule has 2 unspecified atom stereocenters. The maximum Gasteiger partial charge on any atom is 0.239 e. The second-order valence-corrected chi connectivity index (χ2v) is 9.61. The van der Waals surface area contributed by atoms with E-state index in [1.54, 1.807) is 12.3 Å². The van der Waals surface area contributed by atoms with E-state index in [1.807, 2.05) is 6.07 Å². The molecule has 2 atom stereocenters. The number of furan rings is 1. The lowest BCUT2D eigenvalue weighted by Gasteiger charge is -2.59. The SMILES string of the molecule is O=C(CNC(=O)C12CC3CC(CC(Br)(C3)C1)C2)NCc1ccco1. The van der Waals surface area contributed by atoms with E-state index in [0.717, 1.165) is 19.3 Å². The van der Waals surface area contributed by atoms with Gasteiger partial charge in [-0.15, -0.1) is 0 Å². The lowest BCUT2D eigenvalue weighted by Crippen LogP contribution is -2.58. The van der Waals surface area contributed by atoms with Crippen molar-refractivity contribution < 1.29 is 14.0 Å². The largest absolute Gasteiger partial charge is 0.467 e. The van der Waals surface area contributed by atoms with Crippen LogP contribution in [0.5, 0.6) is 0 Å². The highest BCUT2D eigenvalue weighted by molar-refractivity contribution is 9.10. The van der Waals surface area contributed by atoms with Gasteiger partial charge in [0.1, 0.15) is 5.76 Å². The summed E-state index contributed by atoms with van der Waals surface area (Å²) in [6.07, 6.45) is 8.11. The first-order valence-electron chi connectivity index (χ1n) is 8.73. The molecular weight excluding hydrogens is 372 g/mol. The lowest BCUT2D eigenvalue weighted by molar-refractivity contribution is -0.145. The predicted octanol–water partition coefficient (Wildman–Crippen LogP) is 2.75. The van der Waals surface area contributed by atoms with Crippen molar-refractivity contribution in [2.75, 3.05) is 6.54 Å². The molecule has 2 amide bonds. The first kappa shape index (κ1) is 16.2. The minimum Gasteiger partial charge on any atom is -0.467 e. The minimum atomic E-state index is -0.269. The summed E-state index contributed by atoms with van der Waals surface area (Å²) in [5.74, 6) is 1.90. The molecule has 130 valence electrons. The van der Waals surface area contributed by atoms with E-state index >= 15 is 0 Å². The van der Waals surface area contributed by atoms with Crippen LogP contribution in [0.15, 0.2) is 22.8 Å². The molecular formula is C18H23BrN2O3. The Balaban J connectivity index is 1.32. The minimum absolute atomic E-state index is 0.0336. The van der Waals surface area contributed by atoms with E-state index in [-0.39, 0.29) is 28.1 Å². The highest BCUT2D eigenvalue weighted by atomic mass is 79.9. The number of alkyl halides is 1. The molecule has 0 saturated heterocycles. The summed E-state index contributed by atoms with van der Waals surface area (Å²) >= 11 is 3.92. The second-order valence-electron chi connectivity index (χ2n) is 7.93. The van der Waals surface area contributed by atoms with Gasteiger partial charge in [-0.05, 0) is 62.5 Å². The van der Waals surface area contributed by atoms with Crippen molar-refractivity contribution in [1.82, 2.24) is 10.6 Å². The van der Waals surface area contributed by atoms with Gasteiger partial charge in [-0.2, -0.15) is 0 Å². The molecule has 4 fully saturated rings. The molecule has 4 bridgehead atoms. The summed E-state index contributed by atoms with van der Waals surface area (Å²) < 4.78 is 5.33. The van der Waals surface area contributed by atoms with Crippen molar-refractivity contribution in [2.45, 2.75) is 49.4 Å². The predicted molar refractivity (Wildman–Crippen MR) is 92.3 cm³/mol. The van der Waals surface area contributed by atoms with Gasteiger partial charge in [-0.1, -0.05) is 15.9 Å². The number of halogens is 1. The zero-order valence-corrected chi connectivity index (χ0v) is 15.2. The van der Waals surface area contributed by atoms with Crippen molar-refractivity contribution >= 4 is 27.7 Å². The Hall–Kier alpha value is -1.30. The number of amides is 2. The van der Waals surface area contributed by atoms with Crippen molar-refractivity contribution in [3.8, 4) is 0 Å². The zero-order chi connectivity index (χ0) is 16.8. The Morgan fingerprint density at radius 2 is 1.96 bits per heavy atom. The van der Waals surface area contributed by atoms with Gasteiger partial charge >= 0.3 is 0 Å². The molecule has 6 heteroatoms. The van der Waals surface area contributed by atoms with Gasteiger partial charge in [-0.3, -0.25) is 9.59 Å². The topological polar surface area (TPSA) is 71.3 Å². The lowest BCUT2D eigenvalue weighted by atomic mass is 9.49. The number of rotatable bonds is 5. The number of carbonyl (C=O) groups excluding carboxylic acids is 2. The average Bonchev–Trinajstić information content (AvgIpc) is 3.01. The van der Waals surface area contributed by atoms with Crippen LogP contribution in [-0.4, -0.2) is 22.7 Å². The van der Waals surface area contributed by atoms with Gasteiger partial charge in [-0.25, -0.2) is 0 Å². The van der Waals surface area contributed by atoms with E-state index < -0.39 is 0 Å². The van der Waals surface area contributed by atoms with Gasteiger partial charge < -0.3 is 15.1 Å². The highest BCUT2D eigenvalue weighted by Crippen LogP contribution is 2.64. The van der Waals surface area contributed by atoms with Crippen LogP contribution in [0.3, 0.4) is 0 Å². The second kappa shape index (κ2) is 5.90. The Morgan fingerprint density at radius 1 is 1.21 bits per heavy atom. The van der Waals surface area contributed by atoms with Crippen LogP contribution in [0.4, 0.5) is 0 Å². The van der Waals surface area contributed by atoms with Gasteiger partial charge in [0.05, 0.1) is 24.8 Å². The fourth-order valence-electron chi connectivity index (χ4n) is 5.43. The van der Waals surface area contributed by atoms with Gasteiger partial charge in [0, 0.05) is 4.32 Å². The van der Waals surface area contributed by atoms with Crippen LogP contribution >= 0.6 is 15.9 Å². The molecule has 1 aromatic rings. The van der Waals surface area contributed by atoms with Crippen molar-refractivity contribution in [2.24, 2.45) is 17.3 Å². The highest BCUT2D eigenvalue weighted by Gasteiger charge is 2.59. The average molecular weight is 395 g/mol. The number of hydrogen-bond acceptors (Lipinski definition) is 3. The molecule has 4 saturated carbocycles. The van der Waals surface area contributed by atoms with E-state index in [2.05, 4.69) is 26.6 Å². The summed E-state index contributed by atoms with van der Waals surface area (Å²) in [6.45, 7) is 0.382. The fraction of sp³-hybridized carbons (Fsp3) is 0.667. The van der Waals surface area contributed by atoms with E-state index in [0.29, 0.717) is 24.1 Å². The normalized spacial score (nSPS) is 36.5. The molecule has 0 radical (unpaired) electrons. The molecule has 2 N–H and O–H groups in total.